The number of aromatic nitrogens is 4. The molecule has 2 heterocycles. The van der Waals surface area contributed by atoms with Crippen LogP contribution in [0.4, 0.5) is 5.82 Å². The Labute approximate surface area is 165 Å². The number of hydrogen-bond donors (Lipinski definition) is 2. The summed E-state index contributed by atoms with van der Waals surface area (Å²) in [5, 5.41) is 9.38. The maximum Gasteiger partial charge on any atom is 0.169 e. The monoisotopic (exact) mass is 380 g/mol. The topological polar surface area (TPSA) is 90.9 Å². The zero-order chi connectivity index (χ0) is 19.7. The quantitative estimate of drug-likeness (QED) is 0.706. The second-order valence-electron chi connectivity index (χ2n) is 7.71. The molecule has 1 aromatic carbocycles. The zero-order valence-corrected chi connectivity index (χ0v) is 16.8. The Kier molecular flexibility index (Phi) is 5.28. The number of methoxy groups -OCH3 is 1. The molecule has 1 aliphatic carbocycles. The van der Waals surface area contributed by atoms with Gasteiger partial charge >= 0.3 is 0 Å². The minimum atomic E-state index is 0.318. The molecular weight excluding hydrogens is 352 g/mol. The van der Waals surface area contributed by atoms with E-state index >= 15 is 0 Å². The second kappa shape index (κ2) is 7.85. The van der Waals surface area contributed by atoms with E-state index in [1.807, 2.05) is 11.6 Å². The number of benzene rings is 1. The molecule has 0 atom stereocenters. The summed E-state index contributed by atoms with van der Waals surface area (Å²) in [6.45, 7) is 4.44. The molecule has 0 bridgehead atoms. The Morgan fingerprint density at radius 1 is 1.11 bits per heavy atom. The van der Waals surface area contributed by atoms with Gasteiger partial charge in [-0.05, 0) is 51.7 Å². The third-order valence-electron chi connectivity index (χ3n) is 5.41. The van der Waals surface area contributed by atoms with Crippen molar-refractivity contribution in [1.29, 1.82) is 0 Å². The SMILES string of the molecule is COCc1nc(NC2CCC(N)CC2)c2c(C)nn(-c3ccc(C)cc3)c2n1. The lowest BCUT2D eigenvalue weighted by atomic mass is 9.92. The van der Waals surface area contributed by atoms with E-state index in [9.17, 15) is 0 Å². The molecule has 2 aromatic heterocycles. The highest BCUT2D eigenvalue weighted by Gasteiger charge is 2.22. The molecule has 1 saturated carbocycles. The molecule has 7 heteroatoms. The average Bonchev–Trinajstić information content (AvgIpc) is 3.01. The van der Waals surface area contributed by atoms with Crippen LogP contribution >= 0.6 is 0 Å². The van der Waals surface area contributed by atoms with Crippen molar-refractivity contribution in [2.75, 3.05) is 12.4 Å². The number of aryl methyl sites for hydroxylation is 2. The van der Waals surface area contributed by atoms with E-state index in [4.69, 9.17) is 25.5 Å². The van der Waals surface area contributed by atoms with Gasteiger partial charge in [0, 0.05) is 19.2 Å². The number of nitrogens with zero attached hydrogens (tertiary/aromatic N) is 4. The Bertz CT molecular complexity index is 957. The normalized spacial score (nSPS) is 19.9. The molecule has 0 spiro atoms. The van der Waals surface area contributed by atoms with Crippen molar-refractivity contribution in [3.05, 3.63) is 41.3 Å². The van der Waals surface area contributed by atoms with Gasteiger partial charge in [-0.15, -0.1) is 0 Å². The number of nitrogens with two attached hydrogens (primary N) is 1. The van der Waals surface area contributed by atoms with Crippen molar-refractivity contribution >= 4 is 16.9 Å². The first-order chi connectivity index (χ1) is 13.5. The fraction of sp³-hybridized carbons (Fsp3) is 0.476. The summed E-state index contributed by atoms with van der Waals surface area (Å²) in [5.74, 6) is 1.49. The number of nitrogens with one attached hydrogen (secondary N) is 1. The number of ether oxygens (including phenoxy) is 1. The third kappa shape index (κ3) is 3.72. The highest BCUT2D eigenvalue weighted by atomic mass is 16.5. The van der Waals surface area contributed by atoms with Crippen LogP contribution in [-0.2, 0) is 11.3 Å². The second-order valence-corrected chi connectivity index (χ2v) is 7.71. The first-order valence-corrected chi connectivity index (χ1v) is 9.89. The van der Waals surface area contributed by atoms with Crippen molar-refractivity contribution in [2.24, 2.45) is 5.73 Å². The summed E-state index contributed by atoms with van der Waals surface area (Å²) in [6.07, 6.45) is 4.19. The summed E-state index contributed by atoms with van der Waals surface area (Å²) in [6, 6.07) is 8.98. The third-order valence-corrected chi connectivity index (χ3v) is 5.41. The van der Waals surface area contributed by atoms with E-state index in [0.717, 1.165) is 53.9 Å². The van der Waals surface area contributed by atoms with Crippen LogP contribution in [0.25, 0.3) is 16.7 Å². The highest BCUT2D eigenvalue weighted by Crippen LogP contribution is 2.29. The molecule has 148 valence electrons. The van der Waals surface area contributed by atoms with Crippen molar-refractivity contribution in [2.45, 2.75) is 58.2 Å². The van der Waals surface area contributed by atoms with Crippen molar-refractivity contribution in [1.82, 2.24) is 19.7 Å². The summed E-state index contributed by atoms with van der Waals surface area (Å²) in [4.78, 5) is 9.51. The van der Waals surface area contributed by atoms with Crippen molar-refractivity contribution in [3.63, 3.8) is 0 Å². The Hall–Kier alpha value is -2.51. The maximum absolute atomic E-state index is 6.06. The predicted octanol–water partition coefficient (Wildman–Crippen LogP) is 3.26. The number of hydrogen-bond acceptors (Lipinski definition) is 6. The number of fused-ring (bicyclic) bond motifs is 1. The van der Waals surface area contributed by atoms with E-state index in [2.05, 4.69) is 36.5 Å². The van der Waals surface area contributed by atoms with Crippen LogP contribution in [0, 0.1) is 13.8 Å². The summed E-state index contributed by atoms with van der Waals surface area (Å²) in [7, 11) is 1.66. The molecule has 1 fully saturated rings. The molecule has 1 aliphatic rings. The standard InChI is InChI=1S/C21H28N6O/c1-13-4-10-17(11-5-13)27-21-19(14(2)26-27)20(24-18(25-21)12-28-3)23-16-8-6-15(22)7-9-16/h4-5,10-11,15-16H,6-9,12,22H2,1-3H3,(H,23,24,25). The van der Waals surface area contributed by atoms with Crippen LogP contribution in [0.1, 0.15) is 42.8 Å². The minimum Gasteiger partial charge on any atom is -0.377 e. The minimum absolute atomic E-state index is 0.318. The van der Waals surface area contributed by atoms with Gasteiger partial charge in [-0.3, -0.25) is 0 Å². The molecule has 0 radical (unpaired) electrons. The molecule has 4 rings (SSSR count). The van der Waals surface area contributed by atoms with Crippen LogP contribution in [0.3, 0.4) is 0 Å². The van der Waals surface area contributed by atoms with Crippen LogP contribution in [0.2, 0.25) is 0 Å². The molecule has 0 amide bonds. The first-order valence-electron chi connectivity index (χ1n) is 9.89. The Balaban J connectivity index is 1.79. The van der Waals surface area contributed by atoms with Gasteiger partial charge in [0.05, 0.1) is 16.8 Å². The zero-order valence-electron chi connectivity index (χ0n) is 16.8. The van der Waals surface area contributed by atoms with Gasteiger partial charge in [-0.2, -0.15) is 5.10 Å². The fourth-order valence-electron chi connectivity index (χ4n) is 3.85. The van der Waals surface area contributed by atoms with Crippen LogP contribution < -0.4 is 11.1 Å². The van der Waals surface area contributed by atoms with E-state index in [0.29, 0.717) is 24.5 Å². The van der Waals surface area contributed by atoms with Gasteiger partial charge in [-0.1, -0.05) is 17.7 Å². The Morgan fingerprint density at radius 2 is 1.82 bits per heavy atom. The number of anilines is 1. The van der Waals surface area contributed by atoms with Gasteiger partial charge in [0.25, 0.3) is 0 Å². The molecule has 3 N–H and O–H groups in total. The van der Waals surface area contributed by atoms with Crippen molar-refractivity contribution in [3.8, 4) is 5.69 Å². The van der Waals surface area contributed by atoms with Crippen LogP contribution in [-0.4, -0.2) is 38.9 Å². The molecule has 7 nitrogen and oxygen atoms in total. The van der Waals surface area contributed by atoms with Gasteiger partial charge in [-0.25, -0.2) is 14.6 Å². The largest absolute Gasteiger partial charge is 0.377 e. The predicted molar refractivity (Wildman–Crippen MR) is 111 cm³/mol. The summed E-state index contributed by atoms with van der Waals surface area (Å²) in [5.41, 5.74) is 9.98. The number of rotatable bonds is 5. The molecule has 0 aliphatic heterocycles. The van der Waals surface area contributed by atoms with Crippen molar-refractivity contribution < 1.29 is 4.74 Å². The van der Waals surface area contributed by atoms with Crippen LogP contribution in [0.5, 0.6) is 0 Å². The van der Waals surface area contributed by atoms with E-state index < -0.39 is 0 Å². The molecular formula is C21H28N6O. The van der Waals surface area contributed by atoms with Gasteiger partial charge < -0.3 is 15.8 Å². The summed E-state index contributed by atoms with van der Waals surface area (Å²) < 4.78 is 7.20. The van der Waals surface area contributed by atoms with Gasteiger partial charge in [0.2, 0.25) is 0 Å². The fourth-order valence-corrected chi connectivity index (χ4v) is 3.85. The summed E-state index contributed by atoms with van der Waals surface area (Å²) >= 11 is 0. The van der Waals surface area contributed by atoms with E-state index in [-0.39, 0.29) is 0 Å². The van der Waals surface area contributed by atoms with Gasteiger partial charge in [0.1, 0.15) is 12.4 Å². The van der Waals surface area contributed by atoms with E-state index in [1.54, 1.807) is 7.11 Å². The lowest BCUT2D eigenvalue weighted by Crippen LogP contribution is -2.33. The highest BCUT2D eigenvalue weighted by molar-refractivity contribution is 5.90. The van der Waals surface area contributed by atoms with E-state index in [1.165, 1.54) is 5.56 Å². The molecule has 0 unspecified atom stereocenters. The first kappa shape index (κ1) is 18.8. The molecule has 3 aromatic rings. The lowest BCUT2D eigenvalue weighted by Gasteiger charge is -2.27. The smallest absolute Gasteiger partial charge is 0.169 e. The average molecular weight is 380 g/mol. The Morgan fingerprint density at radius 3 is 2.50 bits per heavy atom. The van der Waals surface area contributed by atoms with Crippen LogP contribution in [0.15, 0.2) is 24.3 Å². The maximum atomic E-state index is 6.06. The molecule has 28 heavy (non-hydrogen) atoms. The molecule has 0 saturated heterocycles. The lowest BCUT2D eigenvalue weighted by molar-refractivity contribution is 0.178. The van der Waals surface area contributed by atoms with Gasteiger partial charge in [0.15, 0.2) is 11.5 Å².